The van der Waals surface area contributed by atoms with Crippen LogP contribution in [0.1, 0.15) is 20.8 Å². The average Bonchev–Trinajstić information content (AvgIpc) is 2.33. The highest BCUT2D eigenvalue weighted by Gasteiger charge is 2.19. The standard InChI is InChI=1S/C10H17N7O3/c1-10(2,3)15-7(18)5-12-8-6(17(19)20)4-13-9(14-8)16-11/h4H,5,11H2,1-3H3,(H,15,18)(H2,12,13,14,16). The van der Waals surface area contributed by atoms with Gasteiger partial charge in [-0.15, -0.1) is 0 Å². The van der Waals surface area contributed by atoms with E-state index in [4.69, 9.17) is 5.84 Å². The Morgan fingerprint density at radius 1 is 1.50 bits per heavy atom. The lowest BCUT2D eigenvalue weighted by molar-refractivity contribution is -0.384. The van der Waals surface area contributed by atoms with Crippen molar-refractivity contribution in [1.82, 2.24) is 15.3 Å². The molecule has 0 aliphatic heterocycles. The zero-order valence-corrected chi connectivity index (χ0v) is 11.4. The summed E-state index contributed by atoms with van der Waals surface area (Å²) in [5.41, 5.74) is 1.45. The molecule has 0 spiro atoms. The topological polar surface area (TPSA) is 148 Å². The van der Waals surface area contributed by atoms with Gasteiger partial charge < -0.3 is 10.6 Å². The van der Waals surface area contributed by atoms with Gasteiger partial charge in [-0.25, -0.2) is 10.8 Å². The second-order valence-electron chi connectivity index (χ2n) is 4.98. The van der Waals surface area contributed by atoms with Gasteiger partial charge in [0.2, 0.25) is 17.7 Å². The van der Waals surface area contributed by atoms with Gasteiger partial charge in [-0.1, -0.05) is 0 Å². The molecular formula is C10H17N7O3. The normalized spacial score (nSPS) is 10.8. The van der Waals surface area contributed by atoms with E-state index in [2.05, 4.69) is 26.0 Å². The number of aromatic nitrogens is 2. The molecule has 10 nitrogen and oxygen atoms in total. The van der Waals surface area contributed by atoms with Crippen LogP contribution in [0.15, 0.2) is 6.20 Å². The summed E-state index contributed by atoms with van der Waals surface area (Å²) in [7, 11) is 0. The quantitative estimate of drug-likeness (QED) is 0.335. The molecule has 5 N–H and O–H groups in total. The van der Waals surface area contributed by atoms with Gasteiger partial charge in [0.05, 0.1) is 11.5 Å². The first kappa shape index (κ1) is 15.6. The molecular weight excluding hydrogens is 266 g/mol. The SMILES string of the molecule is CC(C)(C)NC(=O)CNc1nc(NN)ncc1[N+](=O)[O-]. The maximum absolute atomic E-state index is 11.6. The highest BCUT2D eigenvalue weighted by Crippen LogP contribution is 2.21. The summed E-state index contributed by atoms with van der Waals surface area (Å²) in [5, 5.41) is 16.1. The molecule has 110 valence electrons. The molecule has 1 amide bonds. The maximum atomic E-state index is 11.6. The maximum Gasteiger partial charge on any atom is 0.329 e. The zero-order chi connectivity index (χ0) is 15.3. The third-order valence-electron chi connectivity index (χ3n) is 2.03. The van der Waals surface area contributed by atoms with Gasteiger partial charge in [0.25, 0.3) is 0 Å². The Labute approximate surface area is 115 Å². The summed E-state index contributed by atoms with van der Waals surface area (Å²) in [6, 6.07) is 0. The minimum atomic E-state index is -0.649. The number of nitro groups is 1. The number of hydrogen-bond acceptors (Lipinski definition) is 8. The molecule has 0 radical (unpaired) electrons. The molecule has 1 rings (SSSR count). The summed E-state index contributed by atoms with van der Waals surface area (Å²) in [4.78, 5) is 29.3. The highest BCUT2D eigenvalue weighted by atomic mass is 16.6. The number of hydrogen-bond donors (Lipinski definition) is 4. The van der Waals surface area contributed by atoms with Gasteiger partial charge in [-0.05, 0) is 20.8 Å². The number of hydrazine groups is 1. The Balaban J connectivity index is 2.80. The number of nitrogens with one attached hydrogen (secondary N) is 3. The molecule has 0 aromatic carbocycles. The van der Waals surface area contributed by atoms with E-state index in [1.54, 1.807) is 0 Å². The number of rotatable bonds is 5. The number of nitrogens with two attached hydrogens (primary N) is 1. The molecule has 0 bridgehead atoms. The number of amides is 1. The van der Waals surface area contributed by atoms with E-state index in [-0.39, 0.29) is 35.4 Å². The molecule has 10 heteroatoms. The van der Waals surface area contributed by atoms with E-state index in [9.17, 15) is 14.9 Å². The summed E-state index contributed by atoms with van der Waals surface area (Å²) >= 11 is 0. The van der Waals surface area contributed by atoms with Crippen molar-refractivity contribution in [3.63, 3.8) is 0 Å². The molecule has 0 fully saturated rings. The predicted molar refractivity (Wildman–Crippen MR) is 72.9 cm³/mol. The molecule has 1 aromatic rings. The third kappa shape index (κ3) is 4.65. The van der Waals surface area contributed by atoms with Crippen LogP contribution in [-0.2, 0) is 4.79 Å². The van der Waals surface area contributed by atoms with E-state index >= 15 is 0 Å². The molecule has 0 aliphatic rings. The fraction of sp³-hybridized carbons (Fsp3) is 0.500. The molecule has 0 unspecified atom stereocenters. The number of carbonyl (C=O) groups is 1. The Morgan fingerprint density at radius 3 is 2.65 bits per heavy atom. The largest absolute Gasteiger partial charge is 0.355 e. The average molecular weight is 283 g/mol. The Kier molecular flexibility index (Phi) is 4.75. The van der Waals surface area contributed by atoms with E-state index in [0.717, 1.165) is 6.20 Å². The van der Waals surface area contributed by atoms with Crippen LogP contribution in [0.5, 0.6) is 0 Å². The lowest BCUT2D eigenvalue weighted by Gasteiger charge is -2.20. The van der Waals surface area contributed by atoms with Crippen molar-refractivity contribution in [3.05, 3.63) is 16.3 Å². The molecule has 0 saturated carbocycles. The molecule has 20 heavy (non-hydrogen) atoms. The number of anilines is 2. The van der Waals surface area contributed by atoms with E-state index < -0.39 is 4.92 Å². The Bertz CT molecular complexity index is 512. The highest BCUT2D eigenvalue weighted by molar-refractivity contribution is 5.81. The fourth-order valence-corrected chi connectivity index (χ4v) is 1.34. The van der Waals surface area contributed by atoms with Gasteiger partial charge in [-0.3, -0.25) is 20.3 Å². The molecule has 0 aliphatic carbocycles. The van der Waals surface area contributed by atoms with Crippen LogP contribution in [0, 0.1) is 10.1 Å². The lowest BCUT2D eigenvalue weighted by Crippen LogP contribution is -2.43. The van der Waals surface area contributed by atoms with Crippen molar-refractivity contribution in [1.29, 1.82) is 0 Å². The molecule has 0 atom stereocenters. The summed E-state index contributed by atoms with van der Waals surface area (Å²) in [6.07, 6.45) is 1.01. The smallest absolute Gasteiger partial charge is 0.329 e. The van der Waals surface area contributed by atoms with Crippen LogP contribution in [0.4, 0.5) is 17.5 Å². The van der Waals surface area contributed by atoms with Crippen molar-refractivity contribution in [2.45, 2.75) is 26.3 Å². The molecule has 1 heterocycles. The number of nitrogen functional groups attached to an aromatic ring is 1. The van der Waals surface area contributed by atoms with Crippen LogP contribution < -0.4 is 21.9 Å². The van der Waals surface area contributed by atoms with Crippen molar-refractivity contribution in [2.75, 3.05) is 17.3 Å². The zero-order valence-electron chi connectivity index (χ0n) is 11.4. The second kappa shape index (κ2) is 6.10. The van der Waals surface area contributed by atoms with Crippen molar-refractivity contribution in [3.8, 4) is 0 Å². The fourth-order valence-electron chi connectivity index (χ4n) is 1.34. The van der Waals surface area contributed by atoms with Crippen LogP contribution in [0.2, 0.25) is 0 Å². The van der Waals surface area contributed by atoms with Crippen LogP contribution in [0.25, 0.3) is 0 Å². The first-order valence-corrected chi connectivity index (χ1v) is 5.76. The minimum absolute atomic E-state index is 0.00864. The minimum Gasteiger partial charge on any atom is -0.355 e. The molecule has 0 saturated heterocycles. The van der Waals surface area contributed by atoms with Gasteiger partial charge in [-0.2, -0.15) is 4.98 Å². The van der Waals surface area contributed by atoms with Crippen molar-refractivity contribution < 1.29 is 9.72 Å². The van der Waals surface area contributed by atoms with E-state index in [1.165, 1.54) is 0 Å². The Hall–Kier alpha value is -2.49. The summed E-state index contributed by atoms with van der Waals surface area (Å²) < 4.78 is 0. The van der Waals surface area contributed by atoms with Crippen LogP contribution in [-0.4, -0.2) is 32.9 Å². The molecule has 1 aromatic heterocycles. The van der Waals surface area contributed by atoms with Crippen LogP contribution in [0.3, 0.4) is 0 Å². The van der Waals surface area contributed by atoms with Gasteiger partial charge in [0.15, 0.2) is 0 Å². The second-order valence-corrected chi connectivity index (χ2v) is 4.98. The van der Waals surface area contributed by atoms with Gasteiger partial charge >= 0.3 is 5.69 Å². The lowest BCUT2D eigenvalue weighted by atomic mass is 10.1. The first-order valence-electron chi connectivity index (χ1n) is 5.76. The summed E-state index contributed by atoms with van der Waals surface area (Å²) in [5.74, 6) is 4.75. The van der Waals surface area contributed by atoms with Crippen LogP contribution >= 0.6 is 0 Å². The number of carbonyl (C=O) groups excluding carboxylic acids is 1. The van der Waals surface area contributed by atoms with Gasteiger partial charge in [0, 0.05) is 5.54 Å². The first-order chi connectivity index (χ1) is 9.23. The van der Waals surface area contributed by atoms with E-state index in [0.29, 0.717) is 0 Å². The number of nitrogens with zero attached hydrogens (tertiary/aromatic N) is 3. The van der Waals surface area contributed by atoms with Gasteiger partial charge in [0.1, 0.15) is 6.20 Å². The Morgan fingerprint density at radius 2 is 2.15 bits per heavy atom. The third-order valence-corrected chi connectivity index (χ3v) is 2.03. The van der Waals surface area contributed by atoms with Crippen molar-refractivity contribution in [2.24, 2.45) is 5.84 Å². The predicted octanol–water partition coefficient (Wildman–Crippen LogP) is -0.00300. The monoisotopic (exact) mass is 283 g/mol. The van der Waals surface area contributed by atoms with E-state index in [1.807, 2.05) is 20.8 Å². The summed E-state index contributed by atoms with van der Waals surface area (Å²) in [6.45, 7) is 5.33. The van der Waals surface area contributed by atoms with Crippen molar-refractivity contribution >= 4 is 23.4 Å².